The number of carboxylic acids is 1. The number of ether oxygens (including phenoxy) is 1. The van der Waals surface area contributed by atoms with Crippen molar-refractivity contribution in [1.29, 1.82) is 0 Å². The molecule has 3 nitrogen and oxygen atoms in total. The third-order valence-electron chi connectivity index (χ3n) is 3.63. The summed E-state index contributed by atoms with van der Waals surface area (Å²) in [6.07, 6.45) is 0.691. The highest BCUT2D eigenvalue weighted by molar-refractivity contribution is 6.17. The van der Waals surface area contributed by atoms with Gasteiger partial charge in [-0.05, 0) is 30.0 Å². The van der Waals surface area contributed by atoms with Gasteiger partial charge < -0.3 is 9.84 Å². The average molecular weight is 255 g/mol. The predicted molar refractivity (Wildman–Crippen MR) is 65.6 cm³/mol. The topological polar surface area (TPSA) is 46.5 Å². The van der Waals surface area contributed by atoms with Crippen LogP contribution in [0.4, 0.5) is 0 Å². The monoisotopic (exact) mass is 254 g/mol. The van der Waals surface area contributed by atoms with Crippen molar-refractivity contribution in [1.82, 2.24) is 0 Å². The highest BCUT2D eigenvalue weighted by Gasteiger charge is 2.59. The van der Waals surface area contributed by atoms with Crippen LogP contribution in [0.15, 0.2) is 18.2 Å². The lowest BCUT2D eigenvalue weighted by molar-refractivity contribution is -0.140. The molecule has 0 aromatic heterocycles. The van der Waals surface area contributed by atoms with Gasteiger partial charge in [-0.2, -0.15) is 0 Å². The van der Waals surface area contributed by atoms with Gasteiger partial charge in [-0.1, -0.05) is 13.0 Å². The third-order valence-corrected chi connectivity index (χ3v) is 3.92. The van der Waals surface area contributed by atoms with Gasteiger partial charge in [-0.15, -0.1) is 11.6 Å². The van der Waals surface area contributed by atoms with E-state index in [2.05, 4.69) is 0 Å². The third kappa shape index (κ3) is 1.78. The van der Waals surface area contributed by atoms with E-state index in [1.54, 1.807) is 13.2 Å². The quantitative estimate of drug-likeness (QED) is 0.841. The molecule has 4 heteroatoms. The molecular formula is C13H15ClO3. The Balaban J connectivity index is 2.44. The molecule has 1 fully saturated rings. The van der Waals surface area contributed by atoms with Crippen molar-refractivity contribution < 1.29 is 14.6 Å². The molecule has 0 spiro atoms. The van der Waals surface area contributed by atoms with Gasteiger partial charge in [0.05, 0.1) is 18.4 Å². The van der Waals surface area contributed by atoms with E-state index in [-0.39, 0.29) is 5.92 Å². The Kier molecular flexibility index (Phi) is 3.04. The smallest absolute Gasteiger partial charge is 0.314 e. The second-order valence-corrected chi connectivity index (χ2v) is 4.81. The zero-order valence-corrected chi connectivity index (χ0v) is 10.6. The molecule has 17 heavy (non-hydrogen) atoms. The van der Waals surface area contributed by atoms with E-state index in [0.29, 0.717) is 18.1 Å². The maximum atomic E-state index is 11.4. The summed E-state index contributed by atoms with van der Waals surface area (Å²) in [5.41, 5.74) is 0.952. The molecule has 1 N–H and O–H groups in total. The Morgan fingerprint density at radius 3 is 2.71 bits per heavy atom. The predicted octanol–water partition coefficient (Wildman–Crippen LogP) is 2.80. The number of benzene rings is 1. The number of carboxylic acid groups (broad SMARTS) is 1. The number of hydrogen-bond acceptors (Lipinski definition) is 2. The first kappa shape index (κ1) is 12.2. The normalized spacial score (nSPS) is 26.6. The Morgan fingerprint density at radius 1 is 1.65 bits per heavy atom. The molecule has 1 aromatic carbocycles. The van der Waals surface area contributed by atoms with Crippen LogP contribution >= 0.6 is 11.6 Å². The molecule has 2 atom stereocenters. The van der Waals surface area contributed by atoms with Crippen molar-refractivity contribution in [3.05, 3.63) is 29.3 Å². The molecular weight excluding hydrogens is 240 g/mol. The van der Waals surface area contributed by atoms with E-state index in [4.69, 9.17) is 16.3 Å². The van der Waals surface area contributed by atoms with Crippen LogP contribution in [0.3, 0.4) is 0 Å². The van der Waals surface area contributed by atoms with Crippen molar-refractivity contribution in [2.45, 2.75) is 24.6 Å². The second kappa shape index (κ2) is 4.22. The lowest BCUT2D eigenvalue weighted by Crippen LogP contribution is -2.22. The van der Waals surface area contributed by atoms with Crippen LogP contribution in [0.1, 0.15) is 24.5 Å². The molecule has 1 aliphatic rings. The highest BCUT2D eigenvalue weighted by atomic mass is 35.5. The van der Waals surface area contributed by atoms with Crippen LogP contribution in [-0.4, -0.2) is 18.2 Å². The zero-order chi connectivity index (χ0) is 12.6. The first-order chi connectivity index (χ1) is 8.06. The number of aliphatic carboxylic acids is 1. The molecule has 0 saturated heterocycles. The highest BCUT2D eigenvalue weighted by Crippen LogP contribution is 2.54. The Hall–Kier alpha value is -1.22. The van der Waals surface area contributed by atoms with E-state index >= 15 is 0 Å². The standard InChI is InChI=1S/C13H15ClO3/c1-8-6-13(8,12(15)16)10-3-4-11(17-2)9(5-10)7-14/h3-5,8H,6-7H2,1-2H3,(H,15,16). The van der Waals surface area contributed by atoms with Crippen LogP contribution in [0, 0.1) is 5.92 Å². The number of methoxy groups -OCH3 is 1. The summed E-state index contributed by atoms with van der Waals surface area (Å²) in [5, 5.41) is 9.35. The van der Waals surface area contributed by atoms with Crippen molar-refractivity contribution in [2.75, 3.05) is 7.11 Å². The van der Waals surface area contributed by atoms with Crippen LogP contribution in [-0.2, 0) is 16.1 Å². The lowest BCUT2D eigenvalue weighted by atomic mass is 9.92. The first-order valence-corrected chi connectivity index (χ1v) is 6.06. The average Bonchev–Trinajstić information content (AvgIpc) is 3.01. The fraction of sp³-hybridized carbons (Fsp3) is 0.462. The summed E-state index contributed by atoms with van der Waals surface area (Å²) >= 11 is 5.84. The van der Waals surface area contributed by atoms with Crippen molar-refractivity contribution >= 4 is 17.6 Å². The van der Waals surface area contributed by atoms with E-state index < -0.39 is 11.4 Å². The first-order valence-electron chi connectivity index (χ1n) is 5.53. The second-order valence-electron chi connectivity index (χ2n) is 4.54. The van der Waals surface area contributed by atoms with E-state index in [1.165, 1.54) is 0 Å². The maximum Gasteiger partial charge on any atom is 0.314 e. The Bertz CT molecular complexity index is 458. The lowest BCUT2D eigenvalue weighted by Gasteiger charge is -2.14. The van der Waals surface area contributed by atoms with Gasteiger partial charge in [-0.25, -0.2) is 0 Å². The number of rotatable bonds is 4. The zero-order valence-electron chi connectivity index (χ0n) is 9.87. The van der Waals surface area contributed by atoms with E-state index in [1.807, 2.05) is 19.1 Å². The van der Waals surface area contributed by atoms with Crippen LogP contribution in [0.25, 0.3) is 0 Å². The largest absolute Gasteiger partial charge is 0.496 e. The van der Waals surface area contributed by atoms with Crippen molar-refractivity contribution in [3.8, 4) is 5.75 Å². The number of alkyl halides is 1. The summed E-state index contributed by atoms with van der Waals surface area (Å²) in [5.74, 6) is 0.450. The molecule has 0 amide bonds. The minimum Gasteiger partial charge on any atom is -0.496 e. The fourth-order valence-corrected chi connectivity index (χ4v) is 2.62. The molecule has 0 aliphatic heterocycles. The molecule has 2 rings (SSSR count). The SMILES string of the molecule is COc1ccc(C2(C(=O)O)CC2C)cc1CCl. The van der Waals surface area contributed by atoms with Gasteiger partial charge in [0.1, 0.15) is 5.75 Å². The Labute approximate surface area is 105 Å². The van der Waals surface area contributed by atoms with Crippen LogP contribution in [0.2, 0.25) is 0 Å². The Morgan fingerprint density at radius 2 is 2.29 bits per heavy atom. The number of carbonyl (C=O) groups is 1. The summed E-state index contributed by atoms with van der Waals surface area (Å²) in [6.45, 7) is 1.96. The van der Waals surface area contributed by atoms with Gasteiger partial charge >= 0.3 is 5.97 Å². The van der Waals surface area contributed by atoms with E-state index in [9.17, 15) is 9.90 Å². The molecule has 0 radical (unpaired) electrons. The minimum atomic E-state index is -0.754. The molecule has 0 heterocycles. The van der Waals surface area contributed by atoms with Crippen LogP contribution < -0.4 is 4.74 Å². The van der Waals surface area contributed by atoms with Crippen LogP contribution in [0.5, 0.6) is 5.75 Å². The van der Waals surface area contributed by atoms with Gasteiger partial charge in [0.15, 0.2) is 0 Å². The maximum absolute atomic E-state index is 11.4. The molecule has 1 saturated carbocycles. The van der Waals surface area contributed by atoms with Gasteiger partial charge in [-0.3, -0.25) is 4.79 Å². The number of halogens is 1. The fourth-order valence-electron chi connectivity index (χ4n) is 2.41. The molecule has 92 valence electrons. The molecule has 2 unspecified atom stereocenters. The molecule has 0 bridgehead atoms. The summed E-state index contributed by atoms with van der Waals surface area (Å²) in [7, 11) is 1.58. The van der Waals surface area contributed by atoms with Gasteiger partial charge in [0.25, 0.3) is 0 Å². The van der Waals surface area contributed by atoms with Crippen molar-refractivity contribution in [3.63, 3.8) is 0 Å². The number of hydrogen-bond donors (Lipinski definition) is 1. The molecule has 1 aromatic rings. The summed E-state index contributed by atoms with van der Waals surface area (Å²) in [4.78, 5) is 11.4. The summed E-state index contributed by atoms with van der Waals surface area (Å²) in [6, 6.07) is 5.47. The molecule has 1 aliphatic carbocycles. The van der Waals surface area contributed by atoms with Gasteiger partial charge in [0, 0.05) is 5.56 Å². The van der Waals surface area contributed by atoms with E-state index in [0.717, 1.165) is 11.1 Å². The minimum absolute atomic E-state index is 0.177. The summed E-state index contributed by atoms with van der Waals surface area (Å²) < 4.78 is 5.18. The van der Waals surface area contributed by atoms with Crippen molar-refractivity contribution in [2.24, 2.45) is 5.92 Å². The van der Waals surface area contributed by atoms with Gasteiger partial charge in [0.2, 0.25) is 0 Å².